The van der Waals surface area contributed by atoms with Crippen LogP contribution in [0, 0.1) is 6.92 Å². The normalized spacial score (nSPS) is 13.5. The Bertz CT molecular complexity index is 268. The van der Waals surface area contributed by atoms with Gasteiger partial charge >= 0.3 is 0 Å². The van der Waals surface area contributed by atoms with Gasteiger partial charge in [-0.15, -0.1) is 0 Å². The van der Waals surface area contributed by atoms with Crippen LogP contribution in [0.5, 0.6) is 0 Å². The minimum absolute atomic E-state index is 0.600. The number of hydrogen-bond acceptors (Lipinski definition) is 3. The Labute approximate surface area is 60.1 Å². The summed E-state index contributed by atoms with van der Waals surface area (Å²) in [4.78, 5) is 3.99. The molecule has 56 valence electrons. The first-order valence-electron chi connectivity index (χ1n) is 3.00. The zero-order valence-corrected chi connectivity index (χ0v) is 7.25. The van der Waals surface area contributed by atoms with Gasteiger partial charge in [0.15, 0.2) is 5.57 Å². The second-order valence-corrected chi connectivity index (χ2v) is 3.72. The highest BCUT2D eigenvalue weighted by Gasteiger charge is 2.05. The van der Waals surface area contributed by atoms with Crippen LogP contribution in [0.3, 0.4) is 0 Å². The SMILES string of the molecule is Cc1nc([PH](C)=O)n(C)n1. The van der Waals surface area contributed by atoms with E-state index in [9.17, 15) is 4.57 Å². The Hall–Kier alpha value is -0.630. The summed E-state index contributed by atoms with van der Waals surface area (Å²) in [6.45, 7) is 3.45. The first kappa shape index (κ1) is 7.48. The average molecular weight is 159 g/mol. The first-order chi connectivity index (χ1) is 4.61. The molecule has 5 heteroatoms. The highest BCUT2D eigenvalue weighted by Crippen LogP contribution is 2.09. The molecule has 0 saturated carbocycles. The molecule has 0 N–H and O–H groups in total. The molecule has 0 fully saturated rings. The van der Waals surface area contributed by atoms with Gasteiger partial charge in [-0.1, -0.05) is 0 Å². The van der Waals surface area contributed by atoms with E-state index in [0.29, 0.717) is 11.4 Å². The number of rotatable bonds is 1. The molecule has 1 unspecified atom stereocenters. The molecule has 0 aromatic carbocycles. The largest absolute Gasteiger partial charge is 0.319 e. The van der Waals surface area contributed by atoms with Crippen molar-refractivity contribution in [1.82, 2.24) is 14.8 Å². The fourth-order valence-electron chi connectivity index (χ4n) is 0.819. The smallest absolute Gasteiger partial charge is 0.184 e. The Morgan fingerprint density at radius 3 is 2.40 bits per heavy atom. The van der Waals surface area contributed by atoms with Crippen molar-refractivity contribution >= 4 is 13.4 Å². The molecule has 0 aliphatic rings. The molecule has 0 bridgehead atoms. The van der Waals surface area contributed by atoms with E-state index in [1.165, 1.54) is 0 Å². The van der Waals surface area contributed by atoms with Crippen LogP contribution in [0.15, 0.2) is 0 Å². The van der Waals surface area contributed by atoms with Crippen LogP contribution < -0.4 is 5.57 Å². The Kier molecular flexibility index (Phi) is 1.90. The van der Waals surface area contributed by atoms with Gasteiger partial charge in [-0.05, 0) is 13.6 Å². The summed E-state index contributed by atoms with van der Waals surface area (Å²) >= 11 is 0. The topological polar surface area (TPSA) is 47.8 Å². The van der Waals surface area contributed by atoms with Crippen LogP contribution in [-0.4, -0.2) is 21.4 Å². The molecule has 1 aromatic rings. The van der Waals surface area contributed by atoms with E-state index in [0.717, 1.165) is 0 Å². The van der Waals surface area contributed by atoms with E-state index < -0.39 is 7.80 Å². The maximum absolute atomic E-state index is 10.9. The van der Waals surface area contributed by atoms with Gasteiger partial charge in [0.2, 0.25) is 0 Å². The molecule has 0 amide bonds. The van der Waals surface area contributed by atoms with E-state index in [1.807, 2.05) is 0 Å². The molecule has 1 aromatic heterocycles. The Morgan fingerprint density at radius 1 is 1.60 bits per heavy atom. The predicted molar refractivity (Wildman–Crippen MR) is 40.3 cm³/mol. The van der Waals surface area contributed by atoms with Crippen molar-refractivity contribution in [3.05, 3.63) is 5.82 Å². The second-order valence-electron chi connectivity index (χ2n) is 2.16. The summed E-state index contributed by atoms with van der Waals surface area (Å²) in [5, 5.41) is 3.96. The van der Waals surface area contributed by atoms with E-state index >= 15 is 0 Å². The quantitative estimate of drug-likeness (QED) is 0.539. The third-order valence-electron chi connectivity index (χ3n) is 1.18. The van der Waals surface area contributed by atoms with Crippen molar-refractivity contribution in [1.29, 1.82) is 0 Å². The van der Waals surface area contributed by atoms with Crippen LogP contribution in [0.1, 0.15) is 5.82 Å². The van der Waals surface area contributed by atoms with Gasteiger partial charge in [-0.2, -0.15) is 5.10 Å². The molecule has 1 heterocycles. The third kappa shape index (κ3) is 1.27. The zero-order valence-electron chi connectivity index (χ0n) is 6.25. The van der Waals surface area contributed by atoms with E-state index in [-0.39, 0.29) is 0 Å². The third-order valence-corrected chi connectivity index (χ3v) is 2.25. The standard InChI is InChI=1S/C5H10N3OP/c1-4-6-5(10(3)9)8(2)7-4/h10H,1-3H3. The molecule has 4 nitrogen and oxygen atoms in total. The minimum Gasteiger partial charge on any atom is -0.319 e. The van der Waals surface area contributed by atoms with Crippen molar-refractivity contribution in [3.63, 3.8) is 0 Å². The average Bonchev–Trinajstić information content (AvgIpc) is 2.10. The van der Waals surface area contributed by atoms with Crippen molar-refractivity contribution < 1.29 is 4.57 Å². The summed E-state index contributed by atoms with van der Waals surface area (Å²) < 4.78 is 12.5. The lowest BCUT2D eigenvalue weighted by Crippen LogP contribution is -2.11. The molecule has 0 saturated heterocycles. The number of aromatic nitrogens is 3. The fourth-order valence-corrected chi connectivity index (χ4v) is 1.64. The monoisotopic (exact) mass is 159 g/mol. The fraction of sp³-hybridized carbons (Fsp3) is 0.600. The number of nitrogens with zero attached hydrogens (tertiary/aromatic N) is 3. The lowest BCUT2D eigenvalue weighted by Gasteiger charge is -1.91. The van der Waals surface area contributed by atoms with Crippen molar-refractivity contribution in [2.24, 2.45) is 7.05 Å². The number of hydrogen-bond donors (Lipinski definition) is 0. The molecular weight excluding hydrogens is 149 g/mol. The van der Waals surface area contributed by atoms with E-state index in [1.54, 1.807) is 25.3 Å². The predicted octanol–water partition coefficient (Wildman–Crippen LogP) is -0.0617. The van der Waals surface area contributed by atoms with Crippen LogP contribution >= 0.6 is 7.80 Å². The van der Waals surface area contributed by atoms with Crippen molar-refractivity contribution in [2.45, 2.75) is 6.92 Å². The van der Waals surface area contributed by atoms with Gasteiger partial charge in [0.1, 0.15) is 13.6 Å². The maximum Gasteiger partial charge on any atom is 0.184 e. The molecule has 1 rings (SSSR count). The first-order valence-corrected chi connectivity index (χ1v) is 4.90. The summed E-state index contributed by atoms with van der Waals surface area (Å²) in [5.41, 5.74) is 0.600. The van der Waals surface area contributed by atoms with Crippen molar-refractivity contribution in [3.8, 4) is 0 Å². The molecule has 10 heavy (non-hydrogen) atoms. The van der Waals surface area contributed by atoms with Gasteiger partial charge in [-0.3, -0.25) is 0 Å². The summed E-state index contributed by atoms with van der Waals surface area (Å²) in [6, 6.07) is 0. The molecule has 0 aliphatic carbocycles. The van der Waals surface area contributed by atoms with Gasteiger partial charge in [0.05, 0.1) is 0 Å². The van der Waals surface area contributed by atoms with Crippen LogP contribution in [-0.2, 0) is 11.6 Å². The van der Waals surface area contributed by atoms with Gasteiger partial charge < -0.3 is 4.57 Å². The zero-order chi connectivity index (χ0) is 7.72. The molecular formula is C5H10N3OP. The summed E-state index contributed by atoms with van der Waals surface area (Å²) in [7, 11) is 0.0693. The van der Waals surface area contributed by atoms with Gasteiger partial charge in [0.25, 0.3) is 0 Å². The molecule has 1 atom stereocenters. The Balaban J connectivity index is 3.15. The number of aryl methyl sites for hydroxylation is 2. The van der Waals surface area contributed by atoms with Gasteiger partial charge in [0, 0.05) is 7.05 Å². The van der Waals surface area contributed by atoms with Crippen LogP contribution in [0.2, 0.25) is 0 Å². The van der Waals surface area contributed by atoms with E-state index in [4.69, 9.17) is 0 Å². The molecule has 0 radical (unpaired) electrons. The highest BCUT2D eigenvalue weighted by atomic mass is 31.1. The van der Waals surface area contributed by atoms with Gasteiger partial charge in [-0.25, -0.2) is 9.67 Å². The summed E-state index contributed by atoms with van der Waals surface area (Å²) in [5.74, 6) is 0.678. The summed E-state index contributed by atoms with van der Waals surface area (Å²) in [6.07, 6.45) is 0. The molecule has 0 spiro atoms. The minimum atomic E-state index is -1.68. The Morgan fingerprint density at radius 2 is 2.20 bits per heavy atom. The lowest BCUT2D eigenvalue weighted by molar-refractivity contribution is 0.593. The van der Waals surface area contributed by atoms with E-state index in [2.05, 4.69) is 10.1 Å². The molecule has 0 aliphatic heterocycles. The van der Waals surface area contributed by atoms with Crippen LogP contribution in [0.25, 0.3) is 0 Å². The highest BCUT2D eigenvalue weighted by molar-refractivity contribution is 7.52. The lowest BCUT2D eigenvalue weighted by atomic mass is 10.8. The second kappa shape index (κ2) is 2.54. The van der Waals surface area contributed by atoms with Crippen LogP contribution in [0.4, 0.5) is 0 Å². The maximum atomic E-state index is 10.9. The van der Waals surface area contributed by atoms with Crippen molar-refractivity contribution in [2.75, 3.05) is 6.66 Å².